The van der Waals surface area contributed by atoms with Crippen molar-refractivity contribution in [1.82, 2.24) is 19.5 Å². The lowest BCUT2D eigenvalue weighted by molar-refractivity contribution is -0.126. The van der Waals surface area contributed by atoms with Gasteiger partial charge in [0.25, 0.3) is 0 Å². The summed E-state index contributed by atoms with van der Waals surface area (Å²) in [6.07, 6.45) is -2.01. The zero-order valence-corrected chi connectivity index (χ0v) is 19.9. The SMILES string of the molecule is Cc1c(CN2CCC(Nc3ncnc4sc(CC(F)(F)F)cc34)CC2)ccc2c1cc(C#N)n2N. The minimum absolute atomic E-state index is 0.184. The number of nitrogens with two attached hydrogens (primary N) is 1. The summed E-state index contributed by atoms with van der Waals surface area (Å²) in [6.45, 7) is 4.62. The van der Waals surface area contributed by atoms with E-state index in [0.29, 0.717) is 21.7 Å². The lowest BCUT2D eigenvalue weighted by Gasteiger charge is -2.33. The third-order valence-corrected chi connectivity index (χ3v) is 7.64. The quantitative estimate of drug-likeness (QED) is 0.386. The molecule has 0 atom stereocenters. The molecule has 1 aliphatic heterocycles. The van der Waals surface area contributed by atoms with E-state index in [-0.39, 0.29) is 10.9 Å². The highest BCUT2D eigenvalue weighted by atomic mass is 32.1. The lowest BCUT2D eigenvalue weighted by atomic mass is 10.0. The lowest BCUT2D eigenvalue weighted by Crippen LogP contribution is -2.39. The van der Waals surface area contributed by atoms with Crippen molar-refractivity contribution in [3.05, 3.63) is 52.3 Å². The summed E-state index contributed by atoms with van der Waals surface area (Å²) in [6, 6.07) is 9.72. The third kappa shape index (κ3) is 4.76. The Hall–Kier alpha value is -3.36. The van der Waals surface area contributed by atoms with Crippen LogP contribution in [0.15, 0.2) is 30.6 Å². The zero-order valence-electron chi connectivity index (χ0n) is 19.1. The molecule has 11 heteroatoms. The highest BCUT2D eigenvalue weighted by Crippen LogP contribution is 2.33. The molecular weight excluding hydrogens is 475 g/mol. The number of halogens is 3. The molecule has 182 valence electrons. The van der Waals surface area contributed by atoms with Gasteiger partial charge in [-0.05, 0) is 49.1 Å². The molecule has 1 saturated heterocycles. The van der Waals surface area contributed by atoms with Gasteiger partial charge in [0.1, 0.15) is 28.7 Å². The Balaban J connectivity index is 1.24. The number of nitrogen functional groups attached to an aromatic ring is 1. The molecular formula is C24H24F3N7S. The van der Waals surface area contributed by atoms with Crippen LogP contribution in [0.1, 0.15) is 34.5 Å². The molecule has 1 fully saturated rings. The van der Waals surface area contributed by atoms with Crippen molar-refractivity contribution in [2.45, 2.75) is 44.9 Å². The average molecular weight is 500 g/mol. The van der Waals surface area contributed by atoms with Crippen LogP contribution in [0, 0.1) is 18.3 Å². The number of alkyl halides is 3. The van der Waals surface area contributed by atoms with Crippen LogP contribution >= 0.6 is 11.3 Å². The summed E-state index contributed by atoms with van der Waals surface area (Å²) in [5, 5.41) is 14.3. The van der Waals surface area contributed by atoms with Crippen LogP contribution in [0.4, 0.5) is 19.0 Å². The Labute approximate surface area is 204 Å². The van der Waals surface area contributed by atoms with Crippen LogP contribution < -0.4 is 11.2 Å². The van der Waals surface area contributed by atoms with Crippen LogP contribution in [0.3, 0.4) is 0 Å². The van der Waals surface area contributed by atoms with Gasteiger partial charge in [0.2, 0.25) is 0 Å². The smallest absolute Gasteiger partial charge is 0.367 e. The van der Waals surface area contributed by atoms with Gasteiger partial charge in [-0.25, -0.2) is 9.97 Å². The zero-order chi connectivity index (χ0) is 24.7. The van der Waals surface area contributed by atoms with E-state index >= 15 is 0 Å². The van der Waals surface area contributed by atoms with E-state index in [2.05, 4.69) is 39.2 Å². The number of anilines is 1. The molecule has 1 aliphatic rings. The number of nitrogens with zero attached hydrogens (tertiary/aromatic N) is 5. The number of hydrogen-bond donors (Lipinski definition) is 2. The number of benzene rings is 1. The minimum atomic E-state index is -4.25. The first-order valence-corrected chi connectivity index (χ1v) is 12.1. The van der Waals surface area contributed by atoms with Gasteiger partial charge in [0.05, 0.1) is 17.3 Å². The number of nitriles is 1. The summed E-state index contributed by atoms with van der Waals surface area (Å²) < 4.78 is 39.8. The molecule has 0 aliphatic carbocycles. The van der Waals surface area contributed by atoms with Gasteiger partial charge >= 0.3 is 6.18 Å². The molecule has 0 unspecified atom stereocenters. The highest BCUT2D eigenvalue weighted by Gasteiger charge is 2.29. The summed E-state index contributed by atoms with van der Waals surface area (Å²) in [5.74, 6) is 6.61. The monoisotopic (exact) mass is 499 g/mol. The fraction of sp³-hybridized carbons (Fsp3) is 0.375. The first-order valence-electron chi connectivity index (χ1n) is 11.3. The van der Waals surface area contributed by atoms with Crippen LogP contribution in [-0.4, -0.2) is 44.9 Å². The normalized spacial score (nSPS) is 15.6. The Morgan fingerprint density at radius 2 is 1.97 bits per heavy atom. The van der Waals surface area contributed by atoms with E-state index in [1.54, 1.807) is 6.07 Å². The summed E-state index contributed by atoms with van der Waals surface area (Å²) in [5.41, 5.74) is 3.60. The second kappa shape index (κ2) is 9.02. The number of aromatic nitrogens is 3. The number of fused-ring (bicyclic) bond motifs is 2. The van der Waals surface area contributed by atoms with Crippen molar-refractivity contribution >= 4 is 38.3 Å². The number of likely N-dealkylation sites (tertiary alicyclic amines) is 1. The number of nitrogens with one attached hydrogen (secondary N) is 1. The Morgan fingerprint density at radius 3 is 2.69 bits per heavy atom. The largest absolute Gasteiger partial charge is 0.393 e. The van der Waals surface area contributed by atoms with E-state index < -0.39 is 12.6 Å². The average Bonchev–Trinajstić information content (AvgIpc) is 3.36. The molecule has 0 saturated carbocycles. The van der Waals surface area contributed by atoms with E-state index in [0.717, 1.165) is 60.3 Å². The van der Waals surface area contributed by atoms with Crippen molar-refractivity contribution in [3.63, 3.8) is 0 Å². The van der Waals surface area contributed by atoms with Crippen LogP contribution in [0.25, 0.3) is 21.1 Å². The first kappa shape index (κ1) is 23.4. The summed E-state index contributed by atoms with van der Waals surface area (Å²) in [4.78, 5) is 11.7. The molecule has 5 rings (SSSR count). The maximum Gasteiger partial charge on any atom is 0.393 e. The van der Waals surface area contributed by atoms with E-state index in [9.17, 15) is 18.4 Å². The van der Waals surface area contributed by atoms with Gasteiger partial charge in [-0.3, -0.25) is 9.58 Å². The van der Waals surface area contributed by atoms with Crippen molar-refractivity contribution < 1.29 is 13.2 Å². The number of aryl methyl sites for hydroxylation is 1. The van der Waals surface area contributed by atoms with Crippen molar-refractivity contribution in [2.75, 3.05) is 24.2 Å². The van der Waals surface area contributed by atoms with Gasteiger partial charge in [-0.2, -0.15) is 18.4 Å². The molecule has 3 N–H and O–H groups in total. The second-order valence-corrected chi connectivity index (χ2v) is 10.0. The van der Waals surface area contributed by atoms with Crippen molar-refractivity contribution in [1.29, 1.82) is 5.26 Å². The third-order valence-electron chi connectivity index (χ3n) is 6.60. The van der Waals surface area contributed by atoms with Gasteiger partial charge in [-0.1, -0.05) is 6.07 Å². The van der Waals surface area contributed by atoms with E-state index in [1.807, 2.05) is 12.1 Å². The summed E-state index contributed by atoms with van der Waals surface area (Å²) in [7, 11) is 0. The molecule has 3 aromatic heterocycles. The number of piperidine rings is 1. The maximum atomic E-state index is 12.8. The molecule has 4 heterocycles. The van der Waals surface area contributed by atoms with Gasteiger partial charge in [0, 0.05) is 35.9 Å². The molecule has 0 amide bonds. The fourth-order valence-electron chi connectivity index (χ4n) is 4.72. The Bertz CT molecular complexity index is 1430. The van der Waals surface area contributed by atoms with Crippen molar-refractivity contribution in [3.8, 4) is 6.07 Å². The second-order valence-electron chi connectivity index (χ2n) is 8.93. The van der Waals surface area contributed by atoms with Gasteiger partial charge < -0.3 is 11.2 Å². The topological polar surface area (TPSA) is 95.8 Å². The Morgan fingerprint density at radius 1 is 1.20 bits per heavy atom. The van der Waals surface area contributed by atoms with Crippen LogP contribution in [0.2, 0.25) is 0 Å². The molecule has 7 nitrogen and oxygen atoms in total. The first-order chi connectivity index (χ1) is 16.7. The molecule has 35 heavy (non-hydrogen) atoms. The van der Waals surface area contributed by atoms with Crippen molar-refractivity contribution in [2.24, 2.45) is 0 Å². The minimum Gasteiger partial charge on any atom is -0.367 e. The maximum absolute atomic E-state index is 12.8. The summed E-state index contributed by atoms with van der Waals surface area (Å²) >= 11 is 1.06. The molecule has 0 spiro atoms. The van der Waals surface area contributed by atoms with E-state index in [4.69, 9.17) is 5.84 Å². The fourth-order valence-corrected chi connectivity index (χ4v) is 5.75. The Kier molecular flexibility index (Phi) is 6.02. The number of rotatable bonds is 5. The van der Waals surface area contributed by atoms with Gasteiger partial charge in [0.15, 0.2) is 0 Å². The highest BCUT2D eigenvalue weighted by molar-refractivity contribution is 7.18. The number of thiophene rings is 1. The predicted octanol–water partition coefficient (Wildman–Crippen LogP) is 4.72. The number of hydrogen-bond acceptors (Lipinski definition) is 7. The molecule has 0 radical (unpaired) electrons. The predicted molar refractivity (Wildman–Crippen MR) is 131 cm³/mol. The van der Waals surface area contributed by atoms with Gasteiger partial charge in [-0.15, -0.1) is 11.3 Å². The standard InChI is InChI=1S/C24H24F3N7S/c1-14-15(2-3-21-19(14)8-17(11-28)34(21)29)12-33-6-4-16(5-7-33)32-22-20-9-18(10-24(25,26)27)35-23(20)31-13-30-22/h2-3,8-9,13,16H,4-7,10,12,29H2,1H3,(H,30,31,32). The molecule has 4 aromatic rings. The van der Waals surface area contributed by atoms with Crippen LogP contribution in [-0.2, 0) is 13.0 Å². The van der Waals surface area contributed by atoms with Crippen LogP contribution in [0.5, 0.6) is 0 Å². The van der Waals surface area contributed by atoms with E-state index in [1.165, 1.54) is 16.6 Å². The molecule has 0 bridgehead atoms. The molecule has 1 aromatic carbocycles.